The van der Waals surface area contributed by atoms with Crippen LogP contribution in [0.1, 0.15) is 13.3 Å². The fraction of sp³-hybridized carbons (Fsp3) is 0.571. The molecule has 0 spiro atoms. The largest absolute Gasteiger partial charge is 0.465 e. The van der Waals surface area contributed by atoms with E-state index in [1.54, 1.807) is 10.9 Å². The van der Waals surface area contributed by atoms with Crippen molar-refractivity contribution in [3.05, 3.63) is 12.7 Å². The Kier molecular flexibility index (Phi) is 2.88. The number of ether oxygens (including phenoxy) is 1. The quantitative estimate of drug-likeness (QED) is 0.615. The maximum absolute atomic E-state index is 11.0. The van der Waals surface area contributed by atoms with Crippen molar-refractivity contribution in [1.29, 1.82) is 0 Å². The van der Waals surface area contributed by atoms with Crippen LogP contribution in [0.4, 0.5) is 5.82 Å². The Hall–Kier alpha value is -2.26. The Bertz CT molecular complexity index is 793. The molecule has 4 rings (SSSR count). The minimum absolute atomic E-state index is 0.0135. The van der Waals surface area contributed by atoms with Crippen molar-refractivity contribution < 1.29 is 19.7 Å². The van der Waals surface area contributed by atoms with Gasteiger partial charge < -0.3 is 25.3 Å². The molecule has 0 aromatic carbocycles. The summed E-state index contributed by atoms with van der Waals surface area (Å²) in [5.41, 5.74) is 6.12. The van der Waals surface area contributed by atoms with E-state index >= 15 is 0 Å². The molecule has 2 fully saturated rings. The summed E-state index contributed by atoms with van der Waals surface area (Å²) in [7, 11) is 0. The summed E-state index contributed by atoms with van der Waals surface area (Å²) in [6.07, 6.45) is 1.62. The molecule has 2 aliphatic carbocycles. The third-order valence-corrected chi connectivity index (χ3v) is 5.11. The van der Waals surface area contributed by atoms with Crippen molar-refractivity contribution in [2.75, 3.05) is 12.3 Å². The van der Waals surface area contributed by atoms with Crippen molar-refractivity contribution >= 4 is 23.0 Å². The number of nitrogen functional groups attached to an aromatic ring is 1. The molecule has 0 amide bonds. The highest BCUT2D eigenvalue weighted by molar-refractivity contribution is 5.81. The van der Waals surface area contributed by atoms with Crippen LogP contribution >= 0.6 is 0 Å². The molecule has 5 atom stereocenters. The van der Waals surface area contributed by atoms with Gasteiger partial charge in [0, 0.05) is 12.8 Å². The normalized spacial score (nSPS) is 35.3. The molecule has 23 heavy (non-hydrogen) atoms. The highest BCUT2D eigenvalue weighted by Crippen LogP contribution is 2.64. The molecule has 2 heterocycles. The fourth-order valence-electron chi connectivity index (χ4n) is 3.93. The number of imidazole rings is 1. The minimum Gasteiger partial charge on any atom is -0.465 e. The van der Waals surface area contributed by atoms with Gasteiger partial charge in [-0.3, -0.25) is 4.79 Å². The molecule has 4 N–H and O–H groups in total. The highest BCUT2D eigenvalue weighted by atomic mass is 16.5. The van der Waals surface area contributed by atoms with E-state index in [2.05, 4.69) is 15.0 Å². The van der Waals surface area contributed by atoms with Gasteiger partial charge in [-0.05, 0) is 12.3 Å². The van der Waals surface area contributed by atoms with E-state index in [9.17, 15) is 15.0 Å². The molecule has 2 aliphatic rings. The second-order valence-corrected chi connectivity index (χ2v) is 6.25. The van der Waals surface area contributed by atoms with Crippen molar-refractivity contribution in [2.24, 2.45) is 11.8 Å². The van der Waals surface area contributed by atoms with Gasteiger partial charge in [0.15, 0.2) is 11.5 Å². The lowest BCUT2D eigenvalue weighted by Gasteiger charge is -2.24. The summed E-state index contributed by atoms with van der Waals surface area (Å²) in [6, 6.07) is 0. The first-order chi connectivity index (χ1) is 11.0. The summed E-state index contributed by atoms with van der Waals surface area (Å²) < 4.78 is 6.80. The maximum atomic E-state index is 11.0. The lowest BCUT2D eigenvalue weighted by Crippen LogP contribution is -2.39. The van der Waals surface area contributed by atoms with E-state index in [4.69, 9.17) is 10.5 Å². The summed E-state index contributed by atoms with van der Waals surface area (Å²) in [5.74, 6) is -0.462. The van der Waals surface area contributed by atoms with Crippen molar-refractivity contribution in [1.82, 2.24) is 19.5 Å². The SMILES string of the molecule is CC(=O)OC[C@@H]1[C@@H](O)[C@@H](O)[C@@]2(n3cnc4c(N)ncnc43)C[C@@H]12. The number of aliphatic hydroxyl groups excluding tert-OH is 2. The van der Waals surface area contributed by atoms with Crippen LogP contribution < -0.4 is 5.73 Å². The first kappa shape index (κ1) is 14.3. The predicted octanol–water partition coefficient (Wildman–Crippen LogP) is -0.962. The Morgan fingerprint density at radius 2 is 2.26 bits per heavy atom. The topological polar surface area (TPSA) is 136 Å². The van der Waals surface area contributed by atoms with Gasteiger partial charge in [0.1, 0.15) is 17.9 Å². The average Bonchev–Trinajstić information content (AvgIpc) is 3.01. The Morgan fingerprint density at radius 3 is 3.00 bits per heavy atom. The van der Waals surface area contributed by atoms with Gasteiger partial charge in [0.25, 0.3) is 0 Å². The van der Waals surface area contributed by atoms with Crippen molar-refractivity contribution in [3.63, 3.8) is 0 Å². The second-order valence-electron chi connectivity index (χ2n) is 6.25. The fourth-order valence-corrected chi connectivity index (χ4v) is 3.93. The third kappa shape index (κ3) is 1.80. The number of aromatic nitrogens is 4. The molecule has 2 saturated carbocycles. The van der Waals surface area contributed by atoms with E-state index in [0.717, 1.165) is 0 Å². The van der Waals surface area contributed by atoms with E-state index in [1.807, 2.05) is 0 Å². The van der Waals surface area contributed by atoms with Crippen LogP contribution in [0.15, 0.2) is 12.7 Å². The Labute approximate surface area is 131 Å². The van der Waals surface area contributed by atoms with Gasteiger partial charge in [-0.15, -0.1) is 0 Å². The van der Waals surface area contributed by atoms with Crippen LogP contribution in [-0.2, 0) is 15.1 Å². The molecule has 9 nitrogen and oxygen atoms in total. The number of carbonyl (C=O) groups excluding carboxylic acids is 1. The lowest BCUT2D eigenvalue weighted by atomic mass is 10.0. The van der Waals surface area contributed by atoms with E-state index < -0.39 is 23.7 Å². The molecule has 0 saturated heterocycles. The zero-order valence-corrected chi connectivity index (χ0v) is 12.5. The molecule has 0 aliphatic heterocycles. The number of carbonyl (C=O) groups is 1. The van der Waals surface area contributed by atoms with Crippen LogP contribution in [0.5, 0.6) is 0 Å². The molecule has 122 valence electrons. The number of nitrogens with two attached hydrogens (primary N) is 1. The lowest BCUT2D eigenvalue weighted by molar-refractivity contribution is -0.144. The maximum Gasteiger partial charge on any atom is 0.302 e. The van der Waals surface area contributed by atoms with Gasteiger partial charge >= 0.3 is 5.97 Å². The number of anilines is 1. The average molecular weight is 319 g/mol. The minimum atomic E-state index is -0.985. The van der Waals surface area contributed by atoms with Crippen LogP contribution in [0.25, 0.3) is 11.2 Å². The monoisotopic (exact) mass is 319 g/mol. The van der Waals surface area contributed by atoms with Crippen LogP contribution in [0, 0.1) is 11.8 Å². The summed E-state index contributed by atoms with van der Waals surface area (Å²) in [4.78, 5) is 23.4. The van der Waals surface area contributed by atoms with Crippen LogP contribution in [-0.4, -0.2) is 54.5 Å². The highest BCUT2D eigenvalue weighted by Gasteiger charge is 2.72. The molecule has 2 aromatic heterocycles. The van der Waals surface area contributed by atoms with Crippen molar-refractivity contribution in [2.45, 2.75) is 31.1 Å². The number of rotatable bonds is 3. The van der Waals surface area contributed by atoms with E-state index in [1.165, 1.54) is 13.3 Å². The van der Waals surface area contributed by atoms with E-state index in [0.29, 0.717) is 17.6 Å². The molecule has 9 heteroatoms. The molecule has 0 bridgehead atoms. The molecule has 0 unspecified atom stereocenters. The number of hydrogen-bond donors (Lipinski definition) is 3. The zero-order valence-electron chi connectivity index (χ0n) is 12.5. The van der Waals surface area contributed by atoms with E-state index in [-0.39, 0.29) is 24.3 Å². The van der Waals surface area contributed by atoms with Gasteiger partial charge in [0.2, 0.25) is 0 Å². The van der Waals surface area contributed by atoms with Crippen LogP contribution in [0.2, 0.25) is 0 Å². The Balaban J connectivity index is 1.72. The zero-order chi connectivity index (χ0) is 16.4. The third-order valence-electron chi connectivity index (χ3n) is 5.11. The second kappa shape index (κ2) is 4.62. The van der Waals surface area contributed by atoms with Crippen LogP contribution in [0.3, 0.4) is 0 Å². The number of aliphatic hydroxyl groups is 2. The molecule has 0 radical (unpaired) electrons. The number of fused-ring (bicyclic) bond motifs is 2. The number of hydrogen-bond acceptors (Lipinski definition) is 8. The summed E-state index contributed by atoms with van der Waals surface area (Å²) >= 11 is 0. The van der Waals surface area contributed by atoms with Gasteiger partial charge in [-0.2, -0.15) is 0 Å². The Morgan fingerprint density at radius 1 is 1.48 bits per heavy atom. The van der Waals surface area contributed by atoms with Gasteiger partial charge in [-0.25, -0.2) is 15.0 Å². The summed E-state index contributed by atoms with van der Waals surface area (Å²) in [6.45, 7) is 1.41. The number of esters is 1. The van der Waals surface area contributed by atoms with Gasteiger partial charge in [0.05, 0.1) is 24.6 Å². The molecular formula is C14H17N5O4. The number of nitrogens with zero attached hydrogens (tertiary/aromatic N) is 4. The summed E-state index contributed by atoms with van der Waals surface area (Å²) in [5, 5.41) is 20.9. The molecular weight excluding hydrogens is 302 g/mol. The standard InChI is InChI=1S/C14H17N5O4/c1-6(20)23-3-7-8-2-14(8,11(22)10(7)21)19-5-18-9-12(15)16-4-17-13(9)19/h4-5,7-8,10-11,21-22H,2-3H2,1H3,(H2,15,16,17)/t7-,8-,10+,11+,14+/m0/s1. The van der Waals surface area contributed by atoms with Gasteiger partial charge in [-0.1, -0.05) is 0 Å². The molecule has 2 aromatic rings. The smallest absolute Gasteiger partial charge is 0.302 e. The first-order valence-electron chi connectivity index (χ1n) is 7.40. The predicted molar refractivity (Wildman–Crippen MR) is 78.0 cm³/mol. The van der Waals surface area contributed by atoms with Crippen molar-refractivity contribution in [3.8, 4) is 0 Å². The first-order valence-corrected chi connectivity index (χ1v) is 7.40.